The molecule has 0 amide bonds. The van der Waals surface area contributed by atoms with E-state index >= 15 is 0 Å². The van der Waals surface area contributed by atoms with Gasteiger partial charge in [0.2, 0.25) is 0 Å². The summed E-state index contributed by atoms with van der Waals surface area (Å²) >= 11 is 1.63. The van der Waals surface area contributed by atoms with E-state index in [2.05, 4.69) is 4.90 Å². The van der Waals surface area contributed by atoms with Crippen molar-refractivity contribution < 1.29 is 24.4 Å². The minimum atomic E-state index is -0.329. The van der Waals surface area contributed by atoms with Crippen molar-refractivity contribution in [3.63, 3.8) is 0 Å². The summed E-state index contributed by atoms with van der Waals surface area (Å²) in [4.78, 5) is 3.44. The van der Waals surface area contributed by atoms with Gasteiger partial charge in [-0.15, -0.1) is 11.3 Å². The zero-order valence-electron chi connectivity index (χ0n) is 18.6. The number of hydrogen-bond acceptors (Lipinski definition) is 7. The van der Waals surface area contributed by atoms with E-state index in [4.69, 9.17) is 14.2 Å². The molecule has 0 unspecified atom stereocenters. The Morgan fingerprint density at radius 2 is 1.71 bits per heavy atom. The van der Waals surface area contributed by atoms with Gasteiger partial charge in [0.05, 0.1) is 13.2 Å². The van der Waals surface area contributed by atoms with Gasteiger partial charge in [-0.2, -0.15) is 0 Å². The third kappa shape index (κ3) is 3.96. The van der Waals surface area contributed by atoms with Gasteiger partial charge in [-0.3, -0.25) is 4.90 Å². The van der Waals surface area contributed by atoms with E-state index in [9.17, 15) is 10.2 Å². The number of ether oxygens (including phenoxy) is 3. The van der Waals surface area contributed by atoms with E-state index in [0.29, 0.717) is 12.4 Å². The second-order valence-corrected chi connectivity index (χ2v) is 9.63. The maximum atomic E-state index is 10.0. The third-order valence-corrected chi connectivity index (χ3v) is 7.59. The monoisotopic (exact) mass is 475 g/mol. The van der Waals surface area contributed by atoms with E-state index < -0.39 is 0 Å². The molecule has 2 aliphatic rings. The van der Waals surface area contributed by atoms with Gasteiger partial charge in [0.1, 0.15) is 29.6 Å². The van der Waals surface area contributed by atoms with Crippen LogP contribution < -0.4 is 9.47 Å². The third-order valence-electron chi connectivity index (χ3n) is 6.39. The minimum absolute atomic E-state index is 0.170. The number of aromatic hydroxyl groups is 2. The minimum Gasteiger partial charge on any atom is -0.508 e. The van der Waals surface area contributed by atoms with Gasteiger partial charge < -0.3 is 24.4 Å². The van der Waals surface area contributed by atoms with Crippen LogP contribution in [0.15, 0.2) is 60.7 Å². The lowest BCUT2D eigenvalue weighted by molar-refractivity contribution is 0.0322. The summed E-state index contributed by atoms with van der Waals surface area (Å²) in [5, 5.41) is 21.1. The van der Waals surface area contributed by atoms with Gasteiger partial charge in [0.25, 0.3) is 0 Å². The van der Waals surface area contributed by atoms with E-state index in [0.717, 1.165) is 70.3 Å². The van der Waals surface area contributed by atoms with Crippen LogP contribution in [0, 0.1) is 0 Å². The van der Waals surface area contributed by atoms with Gasteiger partial charge in [0.15, 0.2) is 6.10 Å². The molecule has 1 atom stereocenters. The lowest BCUT2D eigenvalue weighted by Crippen LogP contribution is -2.38. The number of benzene rings is 3. The van der Waals surface area contributed by atoms with Crippen LogP contribution in [0.25, 0.3) is 20.5 Å². The zero-order chi connectivity index (χ0) is 23.1. The molecule has 0 saturated carbocycles. The molecule has 7 heteroatoms. The highest BCUT2D eigenvalue weighted by Gasteiger charge is 2.31. The Balaban J connectivity index is 1.29. The number of rotatable bonds is 5. The molecule has 6 rings (SSSR count). The maximum absolute atomic E-state index is 10.0. The first-order valence-corrected chi connectivity index (χ1v) is 12.3. The predicted molar refractivity (Wildman–Crippen MR) is 132 cm³/mol. The Hall–Kier alpha value is -3.26. The molecule has 1 saturated heterocycles. The normalized spacial score (nSPS) is 17.7. The Morgan fingerprint density at radius 3 is 2.53 bits per heavy atom. The Bertz CT molecular complexity index is 1330. The number of nitrogens with zero attached hydrogens (tertiary/aromatic N) is 1. The van der Waals surface area contributed by atoms with Crippen molar-refractivity contribution in [3.05, 3.63) is 71.8 Å². The average Bonchev–Trinajstić information content (AvgIpc) is 3.23. The van der Waals surface area contributed by atoms with Crippen LogP contribution in [-0.4, -0.2) is 54.6 Å². The number of phenols is 2. The molecule has 0 spiro atoms. The van der Waals surface area contributed by atoms with Crippen molar-refractivity contribution in [3.8, 4) is 33.4 Å². The number of phenolic OH excluding ortho intramolecular Hbond substituents is 2. The number of fused-ring (bicyclic) bond motifs is 5. The van der Waals surface area contributed by atoms with Gasteiger partial charge >= 0.3 is 0 Å². The molecule has 1 fully saturated rings. The summed E-state index contributed by atoms with van der Waals surface area (Å²) in [6.45, 7) is 4.99. The number of morpholine rings is 1. The second kappa shape index (κ2) is 8.83. The SMILES string of the molecule is Oc1ccc2c(c1)O[C@H](c1ccc(OCCN3CCOCC3)cc1)c1c-2sc2cc(O)ccc12. The highest BCUT2D eigenvalue weighted by Crippen LogP contribution is 2.52. The van der Waals surface area contributed by atoms with Gasteiger partial charge in [-0.25, -0.2) is 0 Å². The van der Waals surface area contributed by atoms with Gasteiger partial charge in [-0.1, -0.05) is 12.1 Å². The number of thiophene rings is 1. The predicted octanol–water partition coefficient (Wildman–Crippen LogP) is 5.17. The molecular formula is C27H25NO5S. The van der Waals surface area contributed by atoms with E-state index in [1.807, 2.05) is 36.4 Å². The van der Waals surface area contributed by atoms with E-state index in [1.54, 1.807) is 35.6 Å². The molecule has 1 aromatic heterocycles. The van der Waals surface area contributed by atoms with Crippen LogP contribution >= 0.6 is 11.3 Å². The van der Waals surface area contributed by atoms with Gasteiger partial charge in [-0.05, 0) is 48.0 Å². The van der Waals surface area contributed by atoms with Crippen LogP contribution in [0.3, 0.4) is 0 Å². The molecule has 2 N–H and O–H groups in total. The molecule has 6 nitrogen and oxygen atoms in total. The van der Waals surface area contributed by atoms with Crippen LogP contribution in [0.2, 0.25) is 0 Å². The molecule has 0 bridgehead atoms. The molecule has 34 heavy (non-hydrogen) atoms. The molecule has 174 valence electrons. The van der Waals surface area contributed by atoms with E-state index in [1.165, 1.54) is 0 Å². The molecule has 4 aromatic rings. The van der Waals surface area contributed by atoms with Gasteiger partial charge in [0, 0.05) is 51.8 Å². The zero-order valence-corrected chi connectivity index (χ0v) is 19.4. The smallest absolute Gasteiger partial charge is 0.151 e. The van der Waals surface area contributed by atoms with Crippen molar-refractivity contribution in [1.82, 2.24) is 4.90 Å². The fraction of sp³-hybridized carbons (Fsp3) is 0.259. The summed E-state index contributed by atoms with van der Waals surface area (Å²) in [6, 6.07) is 18.7. The fourth-order valence-electron chi connectivity index (χ4n) is 4.64. The van der Waals surface area contributed by atoms with Crippen LogP contribution in [-0.2, 0) is 4.74 Å². The first-order valence-electron chi connectivity index (χ1n) is 11.4. The highest BCUT2D eigenvalue weighted by atomic mass is 32.1. The van der Waals surface area contributed by atoms with Crippen molar-refractivity contribution in [2.24, 2.45) is 0 Å². The van der Waals surface area contributed by atoms with Crippen LogP contribution in [0.5, 0.6) is 23.0 Å². The molecular weight excluding hydrogens is 450 g/mol. The Morgan fingerprint density at radius 1 is 0.941 bits per heavy atom. The van der Waals surface area contributed by atoms with Crippen molar-refractivity contribution in [2.75, 3.05) is 39.5 Å². The first-order chi connectivity index (χ1) is 16.7. The molecule has 2 aliphatic heterocycles. The summed E-state index contributed by atoms with van der Waals surface area (Å²) in [7, 11) is 0. The second-order valence-electron chi connectivity index (χ2n) is 8.58. The average molecular weight is 476 g/mol. The summed E-state index contributed by atoms with van der Waals surface area (Å²) in [5.41, 5.74) is 3.04. The standard InChI is InChI=1S/C27H25NO5S/c29-18-3-7-21-23(15-18)33-26(25-22-8-4-19(30)16-24(22)34-27(21)25)17-1-5-20(6-2-17)32-14-11-28-9-12-31-13-10-28/h1-8,15-16,26,29-30H,9-14H2/t26-/m1/s1. The van der Waals surface area contributed by atoms with Crippen LogP contribution in [0.1, 0.15) is 17.2 Å². The van der Waals surface area contributed by atoms with Crippen molar-refractivity contribution in [2.45, 2.75) is 6.10 Å². The van der Waals surface area contributed by atoms with Crippen molar-refractivity contribution >= 4 is 21.4 Å². The topological polar surface area (TPSA) is 71.4 Å². The number of hydrogen-bond donors (Lipinski definition) is 2. The maximum Gasteiger partial charge on any atom is 0.151 e. The molecule has 0 radical (unpaired) electrons. The Labute approximate surface area is 201 Å². The summed E-state index contributed by atoms with van der Waals surface area (Å²) in [5.74, 6) is 1.89. The largest absolute Gasteiger partial charge is 0.508 e. The van der Waals surface area contributed by atoms with E-state index in [-0.39, 0.29) is 17.6 Å². The fourth-order valence-corrected chi connectivity index (χ4v) is 5.93. The molecule has 0 aliphatic carbocycles. The quantitative estimate of drug-likeness (QED) is 0.415. The lowest BCUT2D eigenvalue weighted by atomic mass is 9.93. The summed E-state index contributed by atoms with van der Waals surface area (Å²) < 4.78 is 18.8. The molecule has 3 aromatic carbocycles. The molecule has 3 heterocycles. The lowest BCUT2D eigenvalue weighted by Gasteiger charge is -2.28. The van der Waals surface area contributed by atoms with Crippen molar-refractivity contribution in [1.29, 1.82) is 0 Å². The first kappa shape index (κ1) is 21.3. The summed E-state index contributed by atoms with van der Waals surface area (Å²) in [6.07, 6.45) is -0.329. The Kier molecular flexibility index (Phi) is 5.53. The van der Waals surface area contributed by atoms with Crippen LogP contribution in [0.4, 0.5) is 0 Å². The highest BCUT2D eigenvalue weighted by molar-refractivity contribution is 7.22.